The molecule has 0 bridgehead atoms. The maximum absolute atomic E-state index is 13.7. The fourth-order valence-corrected chi connectivity index (χ4v) is 7.74. The van der Waals surface area contributed by atoms with Gasteiger partial charge in [-0.3, -0.25) is 19.2 Å². The van der Waals surface area contributed by atoms with Crippen LogP contribution in [0.5, 0.6) is 5.75 Å². The first-order valence-electron chi connectivity index (χ1n) is 18.2. The summed E-state index contributed by atoms with van der Waals surface area (Å²) in [5, 5.41) is 5.69. The Labute approximate surface area is 308 Å². The van der Waals surface area contributed by atoms with Gasteiger partial charge < -0.3 is 39.2 Å². The average molecular weight is 734 g/mol. The van der Waals surface area contributed by atoms with E-state index in [1.54, 1.807) is 39.2 Å². The van der Waals surface area contributed by atoms with Gasteiger partial charge in [0.05, 0.1) is 13.7 Å². The number of carbonyl (C=O) groups excluding carboxylic acids is 6. The Morgan fingerprint density at radius 2 is 1.77 bits per heavy atom. The molecule has 0 saturated carbocycles. The number of hydrogen-bond donors (Lipinski definition) is 2. The number of nitrogens with zero attached hydrogens (tertiary/aromatic N) is 1. The van der Waals surface area contributed by atoms with E-state index in [0.29, 0.717) is 55.7 Å². The van der Waals surface area contributed by atoms with Gasteiger partial charge in [0.15, 0.2) is 18.5 Å². The number of methoxy groups -OCH3 is 2. The van der Waals surface area contributed by atoms with E-state index in [2.05, 4.69) is 10.6 Å². The van der Waals surface area contributed by atoms with Crippen molar-refractivity contribution in [1.29, 1.82) is 0 Å². The number of nitrogens with one attached hydrogen (secondary N) is 2. The number of hydrogen-bond acceptors (Lipinski definition) is 12. The Hall–Kier alpha value is -4.82. The van der Waals surface area contributed by atoms with Crippen molar-refractivity contribution < 1.29 is 52.5 Å². The molecule has 1 aliphatic carbocycles. The summed E-state index contributed by atoms with van der Waals surface area (Å²) in [6, 6.07) is 6.34. The first-order chi connectivity index (χ1) is 25.4. The van der Waals surface area contributed by atoms with Crippen molar-refractivity contribution in [3.63, 3.8) is 0 Å². The van der Waals surface area contributed by atoms with E-state index in [9.17, 15) is 28.8 Å². The highest BCUT2D eigenvalue weighted by Crippen LogP contribution is 2.42. The zero-order valence-electron chi connectivity index (χ0n) is 30.7. The summed E-state index contributed by atoms with van der Waals surface area (Å²) in [7, 11) is 2.84. The number of likely N-dealkylation sites (tertiary alicyclic amines) is 1. The van der Waals surface area contributed by atoms with Gasteiger partial charge in [0, 0.05) is 36.4 Å². The molecule has 53 heavy (non-hydrogen) atoms. The summed E-state index contributed by atoms with van der Waals surface area (Å²) < 4.78 is 27.1. The lowest BCUT2D eigenvalue weighted by Gasteiger charge is -2.33. The quantitative estimate of drug-likeness (QED) is 0.196. The first kappa shape index (κ1) is 37.9. The number of aryl methyl sites for hydroxylation is 1. The molecule has 2 N–H and O–H groups in total. The molecule has 3 aliphatic heterocycles. The van der Waals surface area contributed by atoms with Gasteiger partial charge in [-0.1, -0.05) is 26.0 Å². The predicted molar refractivity (Wildman–Crippen MR) is 189 cm³/mol. The highest BCUT2D eigenvalue weighted by atomic mass is 16.6. The molecule has 6 rings (SSSR count). The normalized spacial score (nSPS) is 23.6. The van der Waals surface area contributed by atoms with E-state index >= 15 is 0 Å². The van der Waals surface area contributed by atoms with Crippen molar-refractivity contribution in [2.45, 2.75) is 89.8 Å². The van der Waals surface area contributed by atoms with Crippen LogP contribution in [-0.2, 0) is 46.4 Å². The maximum atomic E-state index is 13.7. The number of Topliss-reactive ketones (excluding diaryl/α,β-unsaturated/α-hetero) is 2. The molecule has 6 atom stereocenters. The zero-order valence-corrected chi connectivity index (χ0v) is 30.7. The zero-order chi connectivity index (χ0) is 38.0. The number of esters is 2. The van der Waals surface area contributed by atoms with E-state index in [0.717, 1.165) is 22.3 Å². The van der Waals surface area contributed by atoms with Gasteiger partial charge in [0.1, 0.15) is 30.5 Å². The topological polar surface area (TPSA) is 176 Å². The summed E-state index contributed by atoms with van der Waals surface area (Å²) in [6.45, 7) is 6.41. The molecule has 14 nitrogen and oxygen atoms in total. The number of fused-ring (bicyclic) bond motifs is 4. The molecule has 14 heteroatoms. The van der Waals surface area contributed by atoms with Gasteiger partial charge in [0.2, 0.25) is 11.7 Å². The van der Waals surface area contributed by atoms with Gasteiger partial charge in [-0.25, -0.2) is 9.59 Å². The van der Waals surface area contributed by atoms with Crippen LogP contribution >= 0.6 is 0 Å². The van der Waals surface area contributed by atoms with E-state index < -0.39 is 48.2 Å². The molecule has 284 valence electrons. The van der Waals surface area contributed by atoms with Gasteiger partial charge >= 0.3 is 18.0 Å². The molecule has 0 spiro atoms. The maximum Gasteiger partial charge on any atom is 0.407 e. The van der Waals surface area contributed by atoms with Crippen LogP contribution in [0.2, 0.25) is 0 Å². The van der Waals surface area contributed by atoms with Crippen molar-refractivity contribution in [3.8, 4) is 16.9 Å². The third-order valence-corrected chi connectivity index (χ3v) is 10.6. The molecule has 1 unspecified atom stereocenters. The summed E-state index contributed by atoms with van der Waals surface area (Å²) >= 11 is 0. The lowest BCUT2D eigenvalue weighted by molar-refractivity contribution is -0.158. The fourth-order valence-electron chi connectivity index (χ4n) is 7.74. The summed E-state index contributed by atoms with van der Waals surface area (Å²) in [5.74, 6) is -1.73. The van der Waals surface area contributed by atoms with Crippen LogP contribution in [0.4, 0.5) is 4.79 Å². The molecule has 2 amide bonds. The fraction of sp³-hybridized carbons (Fsp3) is 0.538. The van der Waals surface area contributed by atoms with Gasteiger partial charge in [-0.15, -0.1) is 0 Å². The highest BCUT2D eigenvalue weighted by Gasteiger charge is 2.45. The van der Waals surface area contributed by atoms with Crippen LogP contribution in [0.25, 0.3) is 11.1 Å². The number of ether oxygens (including phenoxy) is 5. The minimum atomic E-state index is -1.02. The molecule has 2 aromatic carbocycles. The third-order valence-electron chi connectivity index (χ3n) is 10.6. The van der Waals surface area contributed by atoms with E-state index in [1.807, 2.05) is 19.1 Å². The molecule has 3 heterocycles. The highest BCUT2D eigenvalue weighted by molar-refractivity contribution is 6.04. The Balaban J connectivity index is 1.10. The molecule has 2 fully saturated rings. The van der Waals surface area contributed by atoms with Gasteiger partial charge in [-0.05, 0) is 85.8 Å². The molecule has 2 aromatic rings. The predicted octanol–water partition coefficient (Wildman–Crippen LogP) is 3.40. The SMILES string of the molecule is COC[C@@H]1CN[C@H](C(=O)OCC(=O)c2ccc3c(c2)COc2cc4c(cc2-3)CCC(OC(=O)[C@@H]2CC[C@H](C)N2C(=O)[C@@H](NC(=O)OC)C(C)C)C4=O)C1. The van der Waals surface area contributed by atoms with Crippen molar-refractivity contribution in [2.75, 3.05) is 34.0 Å². The van der Waals surface area contributed by atoms with Crippen LogP contribution in [0.15, 0.2) is 30.3 Å². The first-order valence-corrected chi connectivity index (χ1v) is 18.2. The van der Waals surface area contributed by atoms with E-state index in [-0.39, 0.29) is 49.1 Å². The second-order valence-corrected chi connectivity index (χ2v) is 14.6. The standard InChI is InChI=1S/C39H47N3O11/c1-20(2)34(41-39(48)50-5)36(45)42-21(3)6-10-30(42)38(47)53-32-11-8-23-14-28-26-9-7-24(13-25(26)18-51-33(28)15-27(23)35(32)44)31(43)19-52-37(46)29-12-22(16-40-29)17-49-4/h7,9,13-15,20-22,29-30,32,34,40H,6,8,10-12,16-19H2,1-5H3,(H,41,48)/t21-,22-,29-,30-,32?,34-/m0/s1. The molecular formula is C39H47N3O11. The van der Waals surface area contributed by atoms with Crippen LogP contribution in [-0.4, -0.2) is 105 Å². The minimum Gasteiger partial charge on any atom is -0.488 e. The van der Waals surface area contributed by atoms with Crippen LogP contribution < -0.4 is 15.4 Å². The average Bonchev–Trinajstić information content (AvgIpc) is 3.79. The molecule has 0 aromatic heterocycles. The van der Waals surface area contributed by atoms with Crippen molar-refractivity contribution in [1.82, 2.24) is 15.5 Å². The van der Waals surface area contributed by atoms with Gasteiger partial charge in [-0.2, -0.15) is 0 Å². The number of carbonyl (C=O) groups is 6. The number of alkyl carbamates (subject to hydrolysis) is 1. The molecule has 4 aliphatic rings. The summed E-state index contributed by atoms with van der Waals surface area (Å²) in [6.07, 6.45) is 0.508. The Morgan fingerprint density at radius 3 is 2.51 bits per heavy atom. The Bertz CT molecular complexity index is 1790. The van der Waals surface area contributed by atoms with Crippen LogP contribution in [0, 0.1) is 11.8 Å². The van der Waals surface area contributed by atoms with E-state index in [1.165, 1.54) is 12.0 Å². The van der Waals surface area contributed by atoms with Gasteiger partial charge in [0.25, 0.3) is 0 Å². The molecule has 2 saturated heterocycles. The van der Waals surface area contributed by atoms with Crippen LogP contribution in [0.3, 0.4) is 0 Å². The monoisotopic (exact) mass is 733 g/mol. The Kier molecular flexibility index (Phi) is 11.5. The van der Waals surface area contributed by atoms with Crippen molar-refractivity contribution >= 4 is 35.5 Å². The lowest BCUT2D eigenvalue weighted by atomic mass is 9.84. The minimum absolute atomic E-state index is 0.160. The smallest absolute Gasteiger partial charge is 0.407 e. The third kappa shape index (κ3) is 7.93. The summed E-state index contributed by atoms with van der Waals surface area (Å²) in [4.78, 5) is 79.8. The molecule has 0 radical (unpaired) electrons. The second kappa shape index (κ2) is 16.0. The number of benzene rings is 2. The number of amides is 2. The Morgan fingerprint density at radius 1 is 0.981 bits per heavy atom. The van der Waals surface area contributed by atoms with Crippen LogP contribution in [0.1, 0.15) is 78.3 Å². The summed E-state index contributed by atoms with van der Waals surface area (Å²) in [5.41, 5.74) is 4.03. The number of ketones is 2. The lowest BCUT2D eigenvalue weighted by Crippen LogP contribution is -2.56. The van der Waals surface area contributed by atoms with Crippen molar-refractivity contribution in [2.24, 2.45) is 11.8 Å². The largest absolute Gasteiger partial charge is 0.488 e. The van der Waals surface area contributed by atoms with Crippen molar-refractivity contribution in [3.05, 3.63) is 52.6 Å². The number of rotatable bonds is 11. The second-order valence-electron chi connectivity index (χ2n) is 14.6. The van der Waals surface area contributed by atoms with E-state index in [4.69, 9.17) is 23.7 Å². The molecular weight excluding hydrogens is 686 g/mol.